The van der Waals surface area contributed by atoms with Crippen LogP contribution in [0.5, 0.6) is 5.75 Å². The normalized spacial score (nSPS) is 15.8. The number of amides is 2. The number of imide groups is 1. The summed E-state index contributed by atoms with van der Waals surface area (Å²) in [4.78, 5) is 25.9. The number of thioether (sulfide) groups is 1. The topological polar surface area (TPSA) is 46.6 Å². The summed E-state index contributed by atoms with van der Waals surface area (Å²) in [6.07, 6.45) is 2.52. The lowest BCUT2D eigenvalue weighted by molar-refractivity contribution is -0.122. The molecule has 0 aromatic heterocycles. The van der Waals surface area contributed by atoms with Crippen LogP contribution >= 0.6 is 11.8 Å². The second-order valence-corrected chi connectivity index (χ2v) is 7.17. The van der Waals surface area contributed by atoms with E-state index in [2.05, 4.69) is 19.1 Å². The average molecular weight is 367 g/mol. The first-order valence-corrected chi connectivity index (χ1v) is 9.42. The Labute approximate surface area is 157 Å². The van der Waals surface area contributed by atoms with E-state index in [1.54, 1.807) is 6.08 Å². The number of carbonyl (C=O) groups is 2. The zero-order chi connectivity index (χ0) is 18.5. The molecule has 0 unspecified atom stereocenters. The molecule has 0 bridgehead atoms. The van der Waals surface area contributed by atoms with Crippen LogP contribution in [0.2, 0.25) is 0 Å². The molecule has 1 heterocycles. The third-order valence-corrected chi connectivity index (χ3v) is 4.89. The highest BCUT2D eigenvalue weighted by atomic mass is 32.2. The summed E-state index contributed by atoms with van der Waals surface area (Å²) in [6.45, 7) is 4.98. The van der Waals surface area contributed by atoms with Crippen LogP contribution in [0.1, 0.15) is 30.0 Å². The highest BCUT2D eigenvalue weighted by molar-refractivity contribution is 8.18. The second kappa shape index (κ2) is 8.23. The first-order chi connectivity index (χ1) is 12.6. The van der Waals surface area contributed by atoms with Crippen molar-refractivity contribution in [1.82, 2.24) is 4.90 Å². The van der Waals surface area contributed by atoms with Crippen LogP contribution in [0, 0.1) is 6.92 Å². The summed E-state index contributed by atoms with van der Waals surface area (Å²) in [5, 5.41) is -0.193. The van der Waals surface area contributed by atoms with Gasteiger partial charge in [-0.2, -0.15) is 0 Å². The molecule has 2 aromatic carbocycles. The second-order valence-electron chi connectivity index (χ2n) is 6.18. The van der Waals surface area contributed by atoms with E-state index in [9.17, 15) is 9.59 Å². The van der Waals surface area contributed by atoms with Crippen molar-refractivity contribution < 1.29 is 14.3 Å². The molecule has 26 heavy (non-hydrogen) atoms. The number of aryl methyl sites for hydroxylation is 1. The standard InChI is InChI=1S/C21H21NO3S/c1-3-11-22-20(23)19(26-21(22)24)13-16-7-9-18(10-8-16)25-14-17-6-4-5-15(2)12-17/h4-10,12-13H,3,11,14H2,1-2H3/b19-13+. The summed E-state index contributed by atoms with van der Waals surface area (Å²) < 4.78 is 5.80. The van der Waals surface area contributed by atoms with Crippen molar-refractivity contribution in [3.05, 3.63) is 70.1 Å². The Kier molecular flexibility index (Phi) is 5.78. The number of hydrogen-bond donors (Lipinski definition) is 0. The number of rotatable bonds is 6. The quantitative estimate of drug-likeness (QED) is 0.673. The van der Waals surface area contributed by atoms with E-state index in [1.165, 1.54) is 10.5 Å². The van der Waals surface area contributed by atoms with Gasteiger partial charge >= 0.3 is 0 Å². The van der Waals surface area contributed by atoms with Crippen molar-refractivity contribution in [2.75, 3.05) is 6.54 Å². The fourth-order valence-corrected chi connectivity index (χ4v) is 3.56. The summed E-state index contributed by atoms with van der Waals surface area (Å²) in [5.41, 5.74) is 3.20. The van der Waals surface area contributed by atoms with Gasteiger partial charge in [-0.25, -0.2) is 0 Å². The van der Waals surface area contributed by atoms with E-state index < -0.39 is 0 Å². The van der Waals surface area contributed by atoms with E-state index in [4.69, 9.17) is 4.74 Å². The molecule has 0 N–H and O–H groups in total. The number of nitrogens with zero attached hydrogens (tertiary/aromatic N) is 1. The van der Waals surface area contributed by atoms with Gasteiger partial charge in [-0.3, -0.25) is 14.5 Å². The van der Waals surface area contributed by atoms with Crippen LogP contribution < -0.4 is 4.74 Å². The Bertz CT molecular complexity index is 843. The molecule has 0 saturated carbocycles. The van der Waals surface area contributed by atoms with Crippen molar-refractivity contribution >= 4 is 29.0 Å². The predicted octanol–water partition coefficient (Wildman–Crippen LogP) is 5.02. The summed E-state index contributed by atoms with van der Waals surface area (Å²) in [6, 6.07) is 15.7. The van der Waals surface area contributed by atoms with Gasteiger partial charge in [0.15, 0.2) is 0 Å². The summed E-state index contributed by atoms with van der Waals surface area (Å²) in [7, 11) is 0. The molecule has 0 spiro atoms. The molecule has 1 saturated heterocycles. The molecule has 0 aliphatic carbocycles. The molecule has 2 amide bonds. The van der Waals surface area contributed by atoms with Crippen molar-refractivity contribution in [2.24, 2.45) is 0 Å². The van der Waals surface area contributed by atoms with Crippen molar-refractivity contribution in [1.29, 1.82) is 0 Å². The average Bonchev–Trinajstić information content (AvgIpc) is 2.89. The molecule has 0 atom stereocenters. The van der Waals surface area contributed by atoms with E-state index in [1.807, 2.05) is 43.3 Å². The highest BCUT2D eigenvalue weighted by Gasteiger charge is 2.34. The van der Waals surface area contributed by atoms with Gasteiger partial charge in [0.25, 0.3) is 11.1 Å². The number of ether oxygens (including phenoxy) is 1. The number of benzene rings is 2. The van der Waals surface area contributed by atoms with E-state index in [0.29, 0.717) is 18.1 Å². The molecular formula is C21H21NO3S. The third kappa shape index (κ3) is 4.35. The van der Waals surface area contributed by atoms with E-state index in [0.717, 1.165) is 35.1 Å². The first kappa shape index (κ1) is 18.3. The van der Waals surface area contributed by atoms with Crippen LogP contribution in [-0.2, 0) is 11.4 Å². The lowest BCUT2D eigenvalue weighted by atomic mass is 10.1. The monoisotopic (exact) mass is 367 g/mol. The maximum Gasteiger partial charge on any atom is 0.293 e. The van der Waals surface area contributed by atoms with Gasteiger partial charge < -0.3 is 4.74 Å². The summed E-state index contributed by atoms with van der Waals surface area (Å²) in [5.74, 6) is 0.560. The molecule has 4 nitrogen and oxygen atoms in total. The fraction of sp³-hybridized carbons (Fsp3) is 0.238. The third-order valence-electron chi connectivity index (χ3n) is 3.99. The lowest BCUT2D eigenvalue weighted by Crippen LogP contribution is -2.28. The fourth-order valence-electron chi connectivity index (χ4n) is 2.70. The zero-order valence-electron chi connectivity index (χ0n) is 14.9. The van der Waals surface area contributed by atoms with Gasteiger partial charge in [-0.05, 0) is 54.4 Å². The predicted molar refractivity (Wildman–Crippen MR) is 105 cm³/mol. The van der Waals surface area contributed by atoms with Crippen LogP contribution in [0.4, 0.5) is 4.79 Å². The number of hydrogen-bond acceptors (Lipinski definition) is 4. The largest absolute Gasteiger partial charge is 0.489 e. The molecule has 0 radical (unpaired) electrons. The molecule has 3 rings (SSSR count). The Morgan fingerprint density at radius 2 is 1.88 bits per heavy atom. The van der Waals surface area contributed by atoms with Crippen LogP contribution in [0.25, 0.3) is 6.08 Å². The van der Waals surface area contributed by atoms with Gasteiger partial charge in [0.2, 0.25) is 0 Å². The number of carbonyl (C=O) groups excluding carboxylic acids is 2. The molecule has 134 valence electrons. The van der Waals surface area contributed by atoms with Gasteiger partial charge in [0.05, 0.1) is 4.91 Å². The minimum Gasteiger partial charge on any atom is -0.489 e. The van der Waals surface area contributed by atoms with Gasteiger partial charge in [-0.1, -0.05) is 48.9 Å². The maximum absolute atomic E-state index is 12.3. The smallest absolute Gasteiger partial charge is 0.293 e. The van der Waals surface area contributed by atoms with Crippen LogP contribution in [0.3, 0.4) is 0 Å². The Hall–Kier alpha value is -2.53. The Morgan fingerprint density at radius 1 is 1.12 bits per heavy atom. The minimum atomic E-state index is -0.207. The minimum absolute atomic E-state index is 0.193. The molecule has 1 aliphatic rings. The molecule has 5 heteroatoms. The SMILES string of the molecule is CCCN1C(=O)S/C(=C/c2ccc(OCc3cccc(C)c3)cc2)C1=O. The molecule has 2 aromatic rings. The first-order valence-electron chi connectivity index (χ1n) is 8.60. The molecule has 1 aliphatic heterocycles. The Morgan fingerprint density at radius 3 is 2.58 bits per heavy atom. The Balaban J connectivity index is 1.64. The van der Waals surface area contributed by atoms with Gasteiger partial charge in [0.1, 0.15) is 12.4 Å². The summed E-state index contributed by atoms with van der Waals surface area (Å²) >= 11 is 0.997. The van der Waals surface area contributed by atoms with Crippen molar-refractivity contribution in [2.45, 2.75) is 26.9 Å². The van der Waals surface area contributed by atoms with Crippen LogP contribution in [-0.4, -0.2) is 22.6 Å². The van der Waals surface area contributed by atoms with Crippen LogP contribution in [0.15, 0.2) is 53.4 Å². The van der Waals surface area contributed by atoms with Gasteiger partial charge in [0, 0.05) is 6.54 Å². The van der Waals surface area contributed by atoms with Gasteiger partial charge in [-0.15, -0.1) is 0 Å². The maximum atomic E-state index is 12.3. The lowest BCUT2D eigenvalue weighted by Gasteiger charge is -2.09. The highest BCUT2D eigenvalue weighted by Crippen LogP contribution is 2.32. The zero-order valence-corrected chi connectivity index (χ0v) is 15.7. The van der Waals surface area contributed by atoms with E-state index in [-0.39, 0.29) is 11.1 Å². The molecular weight excluding hydrogens is 346 g/mol. The van der Waals surface area contributed by atoms with E-state index >= 15 is 0 Å². The van der Waals surface area contributed by atoms with Crippen molar-refractivity contribution in [3.8, 4) is 5.75 Å². The van der Waals surface area contributed by atoms with Crippen molar-refractivity contribution in [3.63, 3.8) is 0 Å². The molecule has 1 fully saturated rings.